The molecule has 0 radical (unpaired) electrons. The van der Waals surface area contributed by atoms with Gasteiger partial charge in [0.25, 0.3) is 0 Å². The lowest BCUT2D eigenvalue weighted by atomic mass is 10.2. The van der Waals surface area contributed by atoms with Gasteiger partial charge in [-0.05, 0) is 43.3 Å². The summed E-state index contributed by atoms with van der Waals surface area (Å²) in [5, 5.41) is 15.1. The summed E-state index contributed by atoms with van der Waals surface area (Å²) < 4.78 is 10.9. The molecule has 6 nitrogen and oxygen atoms in total. The molecule has 1 heterocycles. The number of furan rings is 1. The fraction of sp³-hybridized carbons (Fsp3) is 0.158. The second-order valence-corrected chi connectivity index (χ2v) is 5.48. The van der Waals surface area contributed by atoms with E-state index in [-0.39, 0.29) is 18.7 Å². The van der Waals surface area contributed by atoms with Crippen LogP contribution in [-0.4, -0.2) is 12.6 Å². The molecule has 0 fully saturated rings. The number of nitrogens with one attached hydrogen (secondary N) is 2. The Balaban J connectivity index is 1.59. The van der Waals surface area contributed by atoms with Crippen LogP contribution in [0.15, 0.2) is 59.0 Å². The molecule has 0 saturated carbocycles. The number of urea groups is 1. The zero-order valence-electron chi connectivity index (χ0n) is 13.7. The third-order valence-electron chi connectivity index (χ3n) is 3.63. The van der Waals surface area contributed by atoms with Gasteiger partial charge in [-0.15, -0.1) is 0 Å². The summed E-state index contributed by atoms with van der Waals surface area (Å²) in [5.74, 6) is 1.26. The lowest BCUT2D eigenvalue weighted by molar-refractivity contribution is 0.248. The normalized spacial score (nSPS) is 11.5. The van der Waals surface area contributed by atoms with Gasteiger partial charge in [-0.25, -0.2) is 4.79 Å². The molecule has 0 saturated heterocycles. The summed E-state index contributed by atoms with van der Waals surface area (Å²) in [6.45, 7) is 1.85. The van der Waals surface area contributed by atoms with Crippen molar-refractivity contribution in [2.75, 3.05) is 11.9 Å². The Morgan fingerprint density at radius 3 is 2.72 bits per heavy atom. The number of hydrogen-bond acceptors (Lipinski definition) is 4. The van der Waals surface area contributed by atoms with Gasteiger partial charge in [0.2, 0.25) is 0 Å². The Morgan fingerprint density at radius 1 is 1.24 bits per heavy atom. The van der Waals surface area contributed by atoms with E-state index in [4.69, 9.17) is 14.4 Å². The standard InChI is InChI=1S/C19H17N3O3/c1-13(18-12-14-4-2-3-5-17(14)25-18)21-19(23)22-15-6-8-16(9-7-15)24-11-10-20/h2-9,12-13H,11H2,1H3,(H2,21,22,23)/t13-/m0/s1. The third kappa shape index (κ3) is 4.09. The number of anilines is 1. The van der Waals surface area contributed by atoms with Crippen LogP contribution in [0.2, 0.25) is 0 Å². The highest BCUT2D eigenvalue weighted by molar-refractivity contribution is 5.89. The molecule has 0 aliphatic rings. The van der Waals surface area contributed by atoms with Gasteiger partial charge < -0.3 is 19.8 Å². The van der Waals surface area contributed by atoms with Gasteiger partial charge in [-0.2, -0.15) is 5.26 Å². The first-order valence-electron chi connectivity index (χ1n) is 7.81. The maximum Gasteiger partial charge on any atom is 0.319 e. The van der Waals surface area contributed by atoms with E-state index in [1.165, 1.54) is 0 Å². The monoisotopic (exact) mass is 335 g/mol. The number of nitriles is 1. The van der Waals surface area contributed by atoms with E-state index in [0.717, 1.165) is 11.0 Å². The molecule has 126 valence electrons. The topological polar surface area (TPSA) is 87.3 Å². The Kier molecular flexibility index (Phi) is 4.86. The minimum Gasteiger partial charge on any atom is -0.479 e. The Labute approximate surface area is 145 Å². The van der Waals surface area contributed by atoms with Crippen LogP contribution in [0, 0.1) is 11.3 Å². The summed E-state index contributed by atoms with van der Waals surface area (Å²) in [5.41, 5.74) is 1.41. The van der Waals surface area contributed by atoms with Crippen LogP contribution in [0.3, 0.4) is 0 Å². The second kappa shape index (κ2) is 7.41. The molecule has 0 aliphatic heterocycles. The minimum atomic E-state index is -0.335. The zero-order valence-corrected chi connectivity index (χ0v) is 13.7. The highest BCUT2D eigenvalue weighted by Crippen LogP contribution is 2.23. The molecular formula is C19H17N3O3. The Bertz CT molecular complexity index is 877. The minimum absolute atomic E-state index is 0.0116. The van der Waals surface area contributed by atoms with Gasteiger partial charge in [0.1, 0.15) is 23.2 Å². The number of amides is 2. The predicted octanol–water partition coefficient (Wildman–Crippen LogP) is 4.22. The van der Waals surface area contributed by atoms with Gasteiger partial charge >= 0.3 is 6.03 Å². The van der Waals surface area contributed by atoms with Gasteiger partial charge in [0.05, 0.1) is 6.04 Å². The van der Waals surface area contributed by atoms with E-state index in [1.54, 1.807) is 24.3 Å². The number of carbonyl (C=O) groups excluding carboxylic acids is 1. The van der Waals surface area contributed by atoms with E-state index in [1.807, 2.05) is 43.3 Å². The summed E-state index contributed by atoms with van der Waals surface area (Å²) in [4.78, 5) is 12.1. The molecule has 2 N–H and O–H groups in total. The predicted molar refractivity (Wildman–Crippen MR) is 94.3 cm³/mol. The van der Waals surface area contributed by atoms with Crippen molar-refractivity contribution in [3.8, 4) is 11.8 Å². The Hall–Kier alpha value is -3.46. The molecule has 1 atom stereocenters. The van der Waals surface area contributed by atoms with Crippen molar-refractivity contribution in [1.82, 2.24) is 5.32 Å². The van der Waals surface area contributed by atoms with E-state index < -0.39 is 0 Å². The van der Waals surface area contributed by atoms with E-state index in [9.17, 15) is 4.79 Å². The molecule has 1 aromatic heterocycles. The fourth-order valence-corrected chi connectivity index (χ4v) is 2.40. The molecule has 3 aromatic rings. The third-order valence-corrected chi connectivity index (χ3v) is 3.63. The average Bonchev–Trinajstić information content (AvgIpc) is 3.05. The molecule has 2 amide bonds. The van der Waals surface area contributed by atoms with Crippen molar-refractivity contribution in [2.45, 2.75) is 13.0 Å². The van der Waals surface area contributed by atoms with Crippen molar-refractivity contribution in [1.29, 1.82) is 5.26 Å². The molecule has 6 heteroatoms. The van der Waals surface area contributed by atoms with Gasteiger partial charge in [-0.3, -0.25) is 0 Å². The maximum atomic E-state index is 12.1. The first kappa shape index (κ1) is 16.4. The largest absolute Gasteiger partial charge is 0.479 e. The van der Waals surface area contributed by atoms with Crippen LogP contribution in [0.25, 0.3) is 11.0 Å². The lowest BCUT2D eigenvalue weighted by Gasteiger charge is -2.12. The summed E-state index contributed by atoms with van der Waals surface area (Å²) in [6, 6.07) is 17.7. The molecule has 2 aromatic carbocycles. The van der Waals surface area contributed by atoms with Crippen molar-refractivity contribution in [2.24, 2.45) is 0 Å². The summed E-state index contributed by atoms with van der Waals surface area (Å²) >= 11 is 0. The molecule has 0 aliphatic carbocycles. The van der Waals surface area contributed by atoms with Crippen LogP contribution in [0.5, 0.6) is 5.75 Å². The quantitative estimate of drug-likeness (QED) is 0.731. The zero-order chi connectivity index (χ0) is 17.6. The number of benzene rings is 2. The number of fused-ring (bicyclic) bond motifs is 1. The van der Waals surface area contributed by atoms with Crippen molar-refractivity contribution in [3.05, 3.63) is 60.4 Å². The Morgan fingerprint density at radius 2 is 2.00 bits per heavy atom. The first-order chi connectivity index (χ1) is 12.2. The molecule has 0 spiro atoms. The smallest absolute Gasteiger partial charge is 0.319 e. The van der Waals surface area contributed by atoms with Crippen molar-refractivity contribution < 1.29 is 13.9 Å². The molecule has 0 bridgehead atoms. The number of rotatable bonds is 5. The number of ether oxygens (including phenoxy) is 1. The fourth-order valence-electron chi connectivity index (χ4n) is 2.40. The highest BCUT2D eigenvalue weighted by Gasteiger charge is 2.14. The highest BCUT2D eigenvalue weighted by atomic mass is 16.5. The number of nitrogens with zero attached hydrogens (tertiary/aromatic N) is 1. The maximum absolute atomic E-state index is 12.1. The van der Waals surface area contributed by atoms with Crippen molar-refractivity contribution >= 4 is 22.7 Å². The summed E-state index contributed by atoms with van der Waals surface area (Å²) in [7, 11) is 0. The number of hydrogen-bond donors (Lipinski definition) is 2. The van der Waals surface area contributed by atoms with Crippen LogP contribution < -0.4 is 15.4 Å². The van der Waals surface area contributed by atoms with Gasteiger partial charge in [0, 0.05) is 11.1 Å². The van der Waals surface area contributed by atoms with Gasteiger partial charge in [0.15, 0.2) is 6.61 Å². The summed E-state index contributed by atoms with van der Waals surface area (Å²) in [6.07, 6.45) is 0. The van der Waals surface area contributed by atoms with Crippen LogP contribution in [0.4, 0.5) is 10.5 Å². The molecule has 0 unspecified atom stereocenters. The van der Waals surface area contributed by atoms with Crippen LogP contribution in [-0.2, 0) is 0 Å². The van der Waals surface area contributed by atoms with E-state index in [0.29, 0.717) is 17.2 Å². The van der Waals surface area contributed by atoms with E-state index >= 15 is 0 Å². The van der Waals surface area contributed by atoms with Crippen LogP contribution >= 0.6 is 0 Å². The number of carbonyl (C=O) groups is 1. The second-order valence-electron chi connectivity index (χ2n) is 5.48. The molecular weight excluding hydrogens is 318 g/mol. The van der Waals surface area contributed by atoms with E-state index in [2.05, 4.69) is 10.6 Å². The lowest BCUT2D eigenvalue weighted by Crippen LogP contribution is -2.30. The molecule has 3 rings (SSSR count). The van der Waals surface area contributed by atoms with Crippen LogP contribution in [0.1, 0.15) is 18.7 Å². The molecule has 25 heavy (non-hydrogen) atoms. The van der Waals surface area contributed by atoms with Gasteiger partial charge in [-0.1, -0.05) is 18.2 Å². The average molecular weight is 335 g/mol. The number of para-hydroxylation sites is 1. The SMILES string of the molecule is C[C@H](NC(=O)Nc1ccc(OCC#N)cc1)c1cc2ccccc2o1. The van der Waals surface area contributed by atoms with Crippen molar-refractivity contribution in [3.63, 3.8) is 0 Å². The first-order valence-corrected chi connectivity index (χ1v) is 7.81.